The molecule has 1 saturated heterocycles. The first-order chi connectivity index (χ1) is 3.60. The lowest BCUT2D eigenvalue weighted by Gasteiger charge is -1.94. The molecule has 1 fully saturated rings. The molecule has 0 saturated carbocycles. The lowest BCUT2D eigenvalue weighted by Crippen LogP contribution is -2.03. The van der Waals surface area contributed by atoms with Crippen molar-refractivity contribution < 1.29 is 16.0 Å². The summed E-state index contributed by atoms with van der Waals surface area (Å²) in [6.07, 6.45) is -1.69. The van der Waals surface area contributed by atoms with Gasteiger partial charge >= 0.3 is 5.97 Å². The number of hydrogen-bond acceptors (Lipinski definition) is 3. The van der Waals surface area contributed by atoms with Gasteiger partial charge in [-0.1, -0.05) is 0 Å². The Bertz CT molecular complexity index is 120. The molecule has 40 valence electrons. The van der Waals surface area contributed by atoms with Gasteiger partial charge in [-0.05, 0) is 0 Å². The molecule has 0 amide bonds. The Kier molecular flexibility index (Phi) is 0.736. The second kappa shape index (κ2) is 1.50. The Hall–Kier alpha value is -0.570. The van der Waals surface area contributed by atoms with Gasteiger partial charge < -0.3 is 9.84 Å². The van der Waals surface area contributed by atoms with Crippen molar-refractivity contribution in [2.24, 2.45) is 0 Å². The van der Waals surface area contributed by atoms with E-state index in [1.165, 1.54) is 0 Å². The van der Waals surface area contributed by atoms with Crippen LogP contribution in [0, 0.1) is 0 Å². The quantitative estimate of drug-likeness (QED) is 0.426. The third-order valence-corrected chi connectivity index (χ3v) is 0.775. The highest BCUT2D eigenvalue weighted by molar-refractivity contribution is 5.71. The lowest BCUT2D eigenvalue weighted by atomic mass is 10.4. The molecule has 1 rings (SSSR count). The number of ether oxygens (including phenoxy) is 1. The molecule has 0 aromatic heterocycles. The van der Waals surface area contributed by atoms with Crippen LogP contribution < -0.4 is 0 Å². The second-order valence-corrected chi connectivity index (χ2v) is 1.37. The van der Waals surface area contributed by atoms with Gasteiger partial charge in [-0.25, -0.2) is 0 Å². The first kappa shape index (κ1) is 3.43. The summed E-state index contributed by atoms with van der Waals surface area (Å²) < 4.78 is 10.9. The number of carbonyl (C=O) groups excluding carboxylic acids is 1. The third-order valence-electron chi connectivity index (χ3n) is 0.775. The van der Waals surface area contributed by atoms with Crippen LogP contribution in [0.3, 0.4) is 0 Å². The van der Waals surface area contributed by atoms with Gasteiger partial charge in [-0.15, -0.1) is 0 Å². The van der Waals surface area contributed by atoms with E-state index in [1.54, 1.807) is 0 Å². The lowest BCUT2D eigenvalue weighted by molar-refractivity contribution is -0.153. The van der Waals surface area contributed by atoms with Crippen molar-refractivity contribution >= 4 is 5.97 Å². The van der Waals surface area contributed by atoms with E-state index in [0.29, 0.717) is 0 Å². The fourth-order valence-corrected chi connectivity index (χ4v) is 0.442. The molecule has 3 heteroatoms. The Balaban J connectivity index is 2.56. The summed E-state index contributed by atoms with van der Waals surface area (Å²) in [7, 11) is 0. The maximum atomic E-state index is 10.2. The Morgan fingerprint density at radius 2 is 2.86 bits per heavy atom. The Morgan fingerprint density at radius 3 is 3.00 bits per heavy atom. The van der Waals surface area contributed by atoms with Gasteiger partial charge in [0.05, 0.1) is 6.42 Å². The van der Waals surface area contributed by atoms with Crippen molar-refractivity contribution in [3.63, 3.8) is 0 Å². The molecule has 0 aromatic rings. The average molecular weight is 103 g/mol. The van der Waals surface area contributed by atoms with Crippen LogP contribution in [0.4, 0.5) is 0 Å². The zero-order valence-electron chi connectivity index (χ0n) is 4.68. The van der Waals surface area contributed by atoms with Gasteiger partial charge in [0, 0.05) is 6.42 Å². The maximum absolute atomic E-state index is 10.2. The molecule has 0 aliphatic carbocycles. The van der Waals surface area contributed by atoms with Gasteiger partial charge in [0.25, 0.3) is 0 Å². The molecular formula is C4H6O3. The van der Waals surface area contributed by atoms with E-state index in [-0.39, 0.29) is 12.8 Å². The maximum Gasteiger partial charge on any atom is 0.308 e. The summed E-state index contributed by atoms with van der Waals surface area (Å²) >= 11 is 0. The molecule has 1 aliphatic heterocycles. The summed E-state index contributed by atoms with van der Waals surface area (Å²) in [6.45, 7) is 0. The molecule has 1 atom stereocenters. The van der Waals surface area contributed by atoms with Crippen molar-refractivity contribution in [2.45, 2.75) is 19.1 Å². The largest absolute Gasteiger partial charge is 0.436 e. The van der Waals surface area contributed by atoms with Crippen LogP contribution >= 0.6 is 0 Å². The van der Waals surface area contributed by atoms with Crippen LogP contribution in [0.25, 0.3) is 0 Å². The number of rotatable bonds is 0. The van der Waals surface area contributed by atoms with Crippen LogP contribution in [0.1, 0.15) is 14.2 Å². The minimum atomic E-state index is -1.93. The second-order valence-electron chi connectivity index (χ2n) is 1.37. The molecule has 0 bridgehead atoms. The number of carbonyl (C=O) groups is 1. The van der Waals surface area contributed by atoms with Crippen molar-refractivity contribution in [1.82, 2.24) is 0 Å². The minimum absolute atomic E-state index is 0.0891. The summed E-state index contributed by atoms with van der Waals surface area (Å²) in [5.41, 5.74) is 0. The summed E-state index contributed by atoms with van der Waals surface area (Å²) in [6, 6.07) is 0. The standard InChI is InChI=1S/C4H6O3/c5-3-1-2-4(6)7-3/h3,5H,1-2H2/i3D. The predicted octanol–water partition coefficient (Wildman–Crippen LogP) is -0.358. The van der Waals surface area contributed by atoms with E-state index in [2.05, 4.69) is 4.74 Å². The monoisotopic (exact) mass is 103 g/mol. The summed E-state index contributed by atoms with van der Waals surface area (Å²) in [5, 5.41) is 8.59. The highest BCUT2D eigenvalue weighted by Gasteiger charge is 2.19. The summed E-state index contributed by atoms with van der Waals surface area (Å²) in [4.78, 5) is 10.2. The number of aliphatic hydroxyl groups is 1. The number of hydrogen-bond donors (Lipinski definition) is 1. The van der Waals surface area contributed by atoms with Gasteiger partial charge in [0.15, 0.2) is 0 Å². The fraction of sp³-hybridized carbons (Fsp3) is 0.750. The van der Waals surface area contributed by atoms with E-state index in [9.17, 15) is 4.79 Å². The molecule has 1 unspecified atom stereocenters. The van der Waals surface area contributed by atoms with Gasteiger partial charge in [-0.3, -0.25) is 4.79 Å². The predicted molar refractivity (Wildman–Crippen MR) is 21.3 cm³/mol. The highest BCUT2D eigenvalue weighted by atomic mass is 16.6. The molecule has 7 heavy (non-hydrogen) atoms. The number of cyclic esters (lactones) is 1. The highest BCUT2D eigenvalue weighted by Crippen LogP contribution is 2.09. The molecule has 1 heterocycles. The molecule has 0 aromatic carbocycles. The Morgan fingerprint density at radius 1 is 2.14 bits per heavy atom. The van der Waals surface area contributed by atoms with Crippen molar-refractivity contribution in [2.75, 3.05) is 0 Å². The smallest absolute Gasteiger partial charge is 0.308 e. The van der Waals surface area contributed by atoms with Gasteiger partial charge in [-0.2, -0.15) is 0 Å². The van der Waals surface area contributed by atoms with E-state index in [4.69, 9.17) is 6.48 Å². The van der Waals surface area contributed by atoms with Crippen molar-refractivity contribution in [3.8, 4) is 0 Å². The molecule has 0 radical (unpaired) electrons. The van der Waals surface area contributed by atoms with Crippen LogP contribution in [0.15, 0.2) is 0 Å². The van der Waals surface area contributed by atoms with Crippen LogP contribution in [-0.4, -0.2) is 17.3 Å². The van der Waals surface area contributed by atoms with Crippen LogP contribution in [0.2, 0.25) is 0 Å². The van der Waals surface area contributed by atoms with Crippen LogP contribution in [0.5, 0.6) is 0 Å². The zero-order valence-corrected chi connectivity index (χ0v) is 3.68. The van der Waals surface area contributed by atoms with E-state index in [1.807, 2.05) is 0 Å². The third kappa shape index (κ3) is 0.899. The summed E-state index contributed by atoms with van der Waals surface area (Å²) in [5.74, 6) is -0.498. The van der Waals surface area contributed by atoms with E-state index in [0.717, 1.165) is 0 Å². The van der Waals surface area contributed by atoms with Gasteiger partial charge in [0.1, 0.15) is 1.37 Å². The number of esters is 1. The SMILES string of the molecule is [2H]C1(O)CCC(=O)O1. The first-order valence-electron chi connectivity index (χ1n) is 2.54. The van der Waals surface area contributed by atoms with Gasteiger partial charge in [0.2, 0.25) is 6.27 Å². The van der Waals surface area contributed by atoms with E-state index < -0.39 is 12.2 Å². The molecular weight excluding hydrogens is 96.0 g/mol. The van der Waals surface area contributed by atoms with Crippen LogP contribution in [-0.2, 0) is 9.53 Å². The van der Waals surface area contributed by atoms with Crippen molar-refractivity contribution in [1.29, 1.82) is 0 Å². The average Bonchev–Trinajstić information content (AvgIpc) is 1.82. The molecule has 0 spiro atoms. The minimum Gasteiger partial charge on any atom is -0.436 e. The topological polar surface area (TPSA) is 46.5 Å². The first-order valence-corrected chi connectivity index (χ1v) is 2.04. The normalized spacial score (nSPS) is 43.0. The van der Waals surface area contributed by atoms with Crippen molar-refractivity contribution in [3.05, 3.63) is 0 Å². The molecule has 1 N–H and O–H groups in total. The zero-order chi connectivity index (χ0) is 6.20. The Labute approximate surface area is 42.3 Å². The molecule has 1 aliphatic rings. The van der Waals surface area contributed by atoms with E-state index >= 15 is 0 Å². The molecule has 3 nitrogen and oxygen atoms in total. The fourth-order valence-electron chi connectivity index (χ4n) is 0.442.